The van der Waals surface area contributed by atoms with Crippen LogP contribution in [0.2, 0.25) is 0 Å². The van der Waals surface area contributed by atoms with Gasteiger partial charge in [0.05, 0.1) is 43.6 Å². The first-order valence-electron chi connectivity index (χ1n) is 38.2. The fourth-order valence-corrected chi connectivity index (χ4v) is 21.9. The lowest BCUT2D eigenvalue weighted by Gasteiger charge is -2.30. The van der Waals surface area contributed by atoms with Crippen LogP contribution in [0.25, 0.3) is 0 Å². The van der Waals surface area contributed by atoms with Crippen molar-refractivity contribution in [1.82, 2.24) is 19.6 Å². The topological polar surface area (TPSA) is 13.0 Å². The normalized spacial score (nSPS) is 11.6. The van der Waals surface area contributed by atoms with Crippen LogP contribution in [0.5, 0.6) is 0 Å². The van der Waals surface area contributed by atoms with Gasteiger partial charge < -0.3 is 0 Å². The largest absolute Gasteiger partial charge is 0.297 e. The lowest BCUT2D eigenvalue weighted by atomic mass is 10.1. The molecule has 12 aromatic carbocycles. The molecule has 0 bridgehead atoms. The van der Waals surface area contributed by atoms with Crippen LogP contribution in [0.4, 0.5) is 0 Å². The molecule has 12 rings (SSSR count). The molecule has 12 aromatic rings. The molecule has 0 atom stereocenters. The predicted molar refractivity (Wildman–Crippen MR) is 460 cm³/mol. The van der Waals surface area contributed by atoms with Crippen LogP contribution in [0, 0.1) is 0 Å². The van der Waals surface area contributed by atoms with Crippen molar-refractivity contribution in [3.63, 3.8) is 0 Å². The van der Waals surface area contributed by atoms with Gasteiger partial charge in [-0.1, -0.05) is 214 Å². The molecule has 0 aliphatic heterocycles. The average Bonchev–Trinajstić information content (AvgIpc) is 0.842. The summed E-state index contributed by atoms with van der Waals surface area (Å²) in [5.74, 6) is 0. The van der Waals surface area contributed by atoms with E-state index in [1.54, 1.807) is 0 Å². The number of benzene rings is 12. The Labute approximate surface area is 651 Å². The molecule has 548 valence electrons. The van der Waals surface area contributed by atoms with E-state index in [1.807, 2.05) is 0 Å². The Morgan fingerprint density at radius 3 is 0.755 bits per heavy atom. The molecule has 0 saturated heterocycles. The lowest BCUT2D eigenvalue weighted by molar-refractivity contribution is 0.164. The second-order valence-corrected chi connectivity index (χ2v) is 36.4. The van der Waals surface area contributed by atoms with E-state index in [2.05, 4.69) is 456 Å². The Bertz CT molecular complexity index is 4200. The fraction of sp³-hybridized carbons (Fsp3) is 0.265. The van der Waals surface area contributed by atoms with E-state index in [1.165, 1.54) is 81.0 Å². The van der Waals surface area contributed by atoms with Gasteiger partial charge in [0, 0.05) is 68.0 Å². The number of hydrogen-bond acceptors (Lipinski definition) is 4. The van der Waals surface area contributed by atoms with Gasteiger partial charge in [-0.3, -0.25) is 19.6 Å². The molecular formula is C98H116N4S4+4. The molecule has 0 radical (unpaired) electrons. The minimum Gasteiger partial charge on any atom is -0.297 e. The summed E-state index contributed by atoms with van der Waals surface area (Å²) in [6.07, 6.45) is 0. The third-order valence-electron chi connectivity index (χ3n) is 18.9. The Kier molecular flexibility index (Phi) is 33.3. The van der Waals surface area contributed by atoms with Crippen LogP contribution in [0.3, 0.4) is 0 Å². The highest BCUT2D eigenvalue weighted by Crippen LogP contribution is 2.37. The maximum atomic E-state index is 2.57. The quantitative estimate of drug-likeness (QED) is 0.0453. The molecular weight excluding hydrogens is 1360 g/mol. The zero-order valence-electron chi connectivity index (χ0n) is 65.5. The van der Waals surface area contributed by atoms with Crippen molar-refractivity contribution in [3.8, 4) is 0 Å². The Morgan fingerprint density at radius 2 is 0.453 bits per heavy atom. The summed E-state index contributed by atoms with van der Waals surface area (Å²) in [7, 11) is -0.306. The van der Waals surface area contributed by atoms with E-state index in [9.17, 15) is 0 Å². The van der Waals surface area contributed by atoms with E-state index in [0.29, 0.717) is 36.3 Å². The SMILES string of the molecule is CC(C)N(Cc1cccc([S+](c2ccccc2)c2ccccc2)c1)C(C)C.CC(C)N(Cc1ccccc1[S+](c1ccccc1)c1ccccc1)C(C)C.CCN(Cc1ccc([S+](c2ccccc2)c2ccccc2)cc1)C(C)C.CCN(Cc1cccc([S+](c2ccccc2)c2ccccc2)c1)C(C)C. The third kappa shape index (κ3) is 24.2. The van der Waals surface area contributed by atoms with Gasteiger partial charge in [0.15, 0.2) is 58.7 Å². The highest BCUT2D eigenvalue weighted by molar-refractivity contribution is 7.98. The molecule has 0 saturated carbocycles. The van der Waals surface area contributed by atoms with Gasteiger partial charge in [0.2, 0.25) is 0 Å². The summed E-state index contributed by atoms with van der Waals surface area (Å²) in [4.78, 5) is 26.6. The molecule has 0 aliphatic rings. The second kappa shape index (κ2) is 43.0. The van der Waals surface area contributed by atoms with Crippen molar-refractivity contribution >= 4 is 43.6 Å². The van der Waals surface area contributed by atoms with E-state index < -0.39 is 0 Å². The zero-order valence-corrected chi connectivity index (χ0v) is 68.7. The van der Waals surface area contributed by atoms with Crippen LogP contribution in [-0.2, 0) is 69.8 Å². The third-order valence-corrected chi connectivity index (χ3v) is 27.8. The van der Waals surface area contributed by atoms with Gasteiger partial charge >= 0.3 is 0 Å². The summed E-state index contributed by atoms with van der Waals surface area (Å²) < 4.78 is 0. The highest BCUT2D eigenvalue weighted by atomic mass is 32.2. The summed E-state index contributed by atoms with van der Waals surface area (Å²) in [5, 5.41) is 0. The minimum atomic E-state index is -0.0957. The van der Waals surface area contributed by atoms with E-state index in [0.717, 1.165) is 39.3 Å². The smallest absolute Gasteiger partial charge is 0.171 e. The summed E-state index contributed by atoms with van der Waals surface area (Å²) in [6, 6.07) is 127. The van der Waals surface area contributed by atoms with Crippen molar-refractivity contribution in [2.45, 2.75) is 218 Å². The van der Waals surface area contributed by atoms with Gasteiger partial charge in [-0.2, -0.15) is 0 Å². The van der Waals surface area contributed by atoms with Crippen LogP contribution in [-0.4, -0.2) is 68.9 Å². The van der Waals surface area contributed by atoms with Crippen molar-refractivity contribution in [2.75, 3.05) is 13.1 Å². The minimum absolute atomic E-state index is 0.0598. The van der Waals surface area contributed by atoms with Gasteiger partial charge in [-0.15, -0.1) is 0 Å². The van der Waals surface area contributed by atoms with Crippen molar-refractivity contribution in [3.05, 3.63) is 362 Å². The van der Waals surface area contributed by atoms with Gasteiger partial charge in [-0.05, 0) is 252 Å². The first-order chi connectivity index (χ1) is 51.5. The second-order valence-electron chi connectivity index (χ2n) is 28.3. The molecule has 0 unspecified atom stereocenters. The first kappa shape index (κ1) is 81.9. The Balaban J connectivity index is 0.000000163. The Morgan fingerprint density at radius 1 is 0.208 bits per heavy atom. The first-order valence-corrected chi connectivity index (χ1v) is 43.1. The standard InChI is InChI=1S/2C25H30NS.2C24H28NS/c1-20(2)26(21(3)4)19-22-13-11-12-18-25(22)27(23-14-7-5-8-15-23)24-16-9-6-10-17-24;1-20(2)26(21(3)4)19-22-12-11-17-25(18-22)27(23-13-7-5-8-14-23)24-15-9-6-10-16-24;1-4-25(20(2)3)19-21-12-11-17-24(18-21)26(22-13-7-5-8-14-22)23-15-9-6-10-16-23;1-4-25(20(2)3)19-21-15-17-24(18-16-21)26(22-11-7-5-8-12-22)23-13-9-6-10-14-23/h2*5-18,20-21H,19H2,1-4H3;2*5-18,20H,4,19H2,1-3H3/q4*+1. The van der Waals surface area contributed by atoms with Crippen LogP contribution in [0.1, 0.15) is 119 Å². The summed E-state index contributed by atoms with van der Waals surface area (Å²) in [6.45, 7) is 38.0. The van der Waals surface area contributed by atoms with Crippen LogP contribution < -0.4 is 0 Å². The summed E-state index contributed by atoms with van der Waals surface area (Å²) >= 11 is 0. The fourth-order valence-electron chi connectivity index (χ4n) is 13.3. The molecule has 0 aromatic heterocycles. The maximum absolute atomic E-state index is 2.57. The number of rotatable bonds is 28. The van der Waals surface area contributed by atoms with Gasteiger partial charge in [0.1, 0.15) is 0 Å². The molecule has 0 fully saturated rings. The van der Waals surface area contributed by atoms with Crippen molar-refractivity contribution < 1.29 is 0 Å². The summed E-state index contributed by atoms with van der Waals surface area (Å²) in [5.41, 5.74) is 5.59. The lowest BCUT2D eigenvalue weighted by Crippen LogP contribution is -2.36. The van der Waals surface area contributed by atoms with E-state index in [4.69, 9.17) is 0 Å². The van der Waals surface area contributed by atoms with Crippen LogP contribution >= 0.6 is 0 Å². The van der Waals surface area contributed by atoms with Crippen molar-refractivity contribution in [2.24, 2.45) is 0 Å². The maximum Gasteiger partial charge on any atom is 0.171 e. The molecule has 8 heteroatoms. The van der Waals surface area contributed by atoms with Crippen molar-refractivity contribution in [1.29, 1.82) is 0 Å². The molecule has 0 heterocycles. The number of hydrogen-bond donors (Lipinski definition) is 0. The molecule has 0 aliphatic carbocycles. The van der Waals surface area contributed by atoms with E-state index in [-0.39, 0.29) is 43.6 Å². The molecule has 0 spiro atoms. The number of nitrogens with zero attached hydrogens (tertiary/aromatic N) is 4. The van der Waals surface area contributed by atoms with Gasteiger partial charge in [-0.25, -0.2) is 0 Å². The molecule has 0 N–H and O–H groups in total. The van der Waals surface area contributed by atoms with Gasteiger partial charge in [0.25, 0.3) is 0 Å². The zero-order chi connectivity index (χ0) is 75.2. The molecule has 0 amide bonds. The highest BCUT2D eigenvalue weighted by Gasteiger charge is 2.34. The van der Waals surface area contributed by atoms with E-state index >= 15 is 0 Å². The molecule has 4 nitrogen and oxygen atoms in total. The monoisotopic (exact) mass is 1480 g/mol. The average molecular weight is 1480 g/mol. The Hall–Kier alpha value is -8.12. The van der Waals surface area contributed by atoms with Crippen LogP contribution in [0.15, 0.2) is 398 Å². The predicted octanol–water partition coefficient (Wildman–Crippen LogP) is 24.8. The molecule has 106 heavy (non-hydrogen) atoms.